The monoisotopic (exact) mass is 551 g/mol. The van der Waals surface area contributed by atoms with E-state index < -0.39 is 0 Å². The first-order valence-electron chi connectivity index (χ1n) is 12.6. The van der Waals surface area contributed by atoms with Gasteiger partial charge in [0.25, 0.3) is 0 Å². The molecule has 1 saturated heterocycles. The summed E-state index contributed by atoms with van der Waals surface area (Å²) in [7, 11) is 0. The fraction of sp³-hybridized carbons (Fsp3) is 0.552. The molecule has 1 rings (SSSR count). The van der Waals surface area contributed by atoms with Gasteiger partial charge in [0.05, 0.1) is 0 Å². The smallest absolute Gasteiger partial charge is 0.0473 e. The third-order valence-corrected chi connectivity index (χ3v) is 6.40. The molecule has 1 heterocycles. The number of rotatable bonds is 11. The summed E-state index contributed by atoms with van der Waals surface area (Å²) >= 11 is 9.65. The Morgan fingerprint density at radius 3 is 2.47 bits per heavy atom. The number of hydrogen-bond acceptors (Lipinski definition) is 3. The van der Waals surface area contributed by atoms with Crippen molar-refractivity contribution in [2.24, 2.45) is 4.99 Å². The van der Waals surface area contributed by atoms with Crippen molar-refractivity contribution < 1.29 is 0 Å². The normalized spacial score (nSPS) is 18.8. The van der Waals surface area contributed by atoms with Crippen LogP contribution < -0.4 is 5.32 Å². The van der Waals surface area contributed by atoms with Crippen molar-refractivity contribution in [1.82, 2.24) is 10.2 Å². The topological polar surface area (TPSA) is 27.6 Å². The summed E-state index contributed by atoms with van der Waals surface area (Å²) in [6.07, 6.45) is 17.5. The predicted octanol–water partition coefficient (Wildman–Crippen LogP) is 9.06. The summed E-state index contributed by atoms with van der Waals surface area (Å²) in [4.78, 5) is 7.03. The summed E-state index contributed by atoms with van der Waals surface area (Å²) < 4.78 is 1.11. The van der Waals surface area contributed by atoms with Crippen LogP contribution in [0.2, 0.25) is 0 Å². The molecule has 1 fully saturated rings. The molecule has 0 aromatic rings. The van der Waals surface area contributed by atoms with Crippen molar-refractivity contribution in [2.45, 2.75) is 86.6 Å². The van der Waals surface area contributed by atoms with Gasteiger partial charge in [0.1, 0.15) is 0 Å². The first-order valence-corrected chi connectivity index (χ1v) is 13.8. The molecule has 1 unspecified atom stereocenters. The van der Waals surface area contributed by atoms with Crippen LogP contribution in [0, 0.1) is 0 Å². The lowest BCUT2D eigenvalue weighted by atomic mass is 10.1. The van der Waals surface area contributed by atoms with Crippen LogP contribution in [0.1, 0.15) is 80.6 Å². The fourth-order valence-corrected chi connectivity index (χ4v) is 4.30. The summed E-state index contributed by atoms with van der Waals surface area (Å²) in [5.74, 6) is 0. The summed E-state index contributed by atoms with van der Waals surface area (Å²) in [6, 6.07) is 0.525. The summed E-state index contributed by atoms with van der Waals surface area (Å²) in [6.45, 7) is 22.0. The predicted molar refractivity (Wildman–Crippen MR) is 159 cm³/mol. The largest absolute Gasteiger partial charge is 0.372 e. The zero-order chi connectivity index (χ0) is 25.9. The Morgan fingerprint density at radius 2 is 1.91 bits per heavy atom. The minimum absolute atomic E-state index is 0.525. The first-order chi connectivity index (χ1) is 16.2. The molecular weight excluding hydrogens is 506 g/mol. The number of piperazine rings is 1. The Hall–Kier alpha value is -1.36. The average Bonchev–Trinajstić information content (AvgIpc) is 2.80. The number of hydrogen-bond donors (Lipinski definition) is 1. The van der Waals surface area contributed by atoms with E-state index in [2.05, 4.69) is 97.5 Å². The molecule has 0 radical (unpaired) electrons. The van der Waals surface area contributed by atoms with Crippen LogP contribution in [0.15, 0.2) is 74.5 Å². The van der Waals surface area contributed by atoms with Gasteiger partial charge in [0.15, 0.2) is 0 Å². The van der Waals surface area contributed by atoms with Gasteiger partial charge < -0.3 is 10.2 Å². The highest BCUT2D eigenvalue weighted by Gasteiger charge is 2.20. The number of unbranched alkanes of at least 4 members (excludes halogenated alkanes) is 1. The van der Waals surface area contributed by atoms with Crippen LogP contribution in [0.25, 0.3) is 0 Å². The highest BCUT2D eigenvalue weighted by Crippen LogP contribution is 2.25. The SMILES string of the molecule is C=C(/C=C(Cl)\C=C/CCC)CCC.C\C=C(Br)/C(=C(/C)N1CCNC(C)C1)C(/C)=N/C=C/CC. The molecule has 0 aliphatic carbocycles. The number of allylic oxidation sites excluding steroid dienone is 10. The Kier molecular flexibility index (Phi) is 19.1. The van der Waals surface area contributed by atoms with Gasteiger partial charge in [-0.05, 0) is 59.1 Å². The molecule has 1 aliphatic rings. The molecule has 192 valence electrons. The highest BCUT2D eigenvalue weighted by molar-refractivity contribution is 9.12. The Bertz CT molecular complexity index is 787. The molecule has 0 spiro atoms. The number of nitrogens with zero attached hydrogens (tertiary/aromatic N) is 2. The maximum atomic E-state index is 5.96. The van der Waals surface area contributed by atoms with Crippen LogP contribution in [-0.4, -0.2) is 36.3 Å². The van der Waals surface area contributed by atoms with Crippen LogP contribution in [0.3, 0.4) is 0 Å². The second-order valence-electron chi connectivity index (χ2n) is 8.53. The molecule has 0 aromatic carbocycles. The van der Waals surface area contributed by atoms with Crippen molar-refractivity contribution >= 4 is 33.2 Å². The van der Waals surface area contributed by atoms with Gasteiger partial charge in [0.2, 0.25) is 0 Å². The van der Waals surface area contributed by atoms with E-state index in [1.54, 1.807) is 0 Å². The van der Waals surface area contributed by atoms with Gasteiger partial charge in [-0.2, -0.15) is 0 Å². The van der Waals surface area contributed by atoms with Crippen molar-refractivity contribution in [3.8, 4) is 0 Å². The second-order valence-corrected chi connectivity index (χ2v) is 9.83. The van der Waals surface area contributed by atoms with Crippen molar-refractivity contribution in [3.63, 3.8) is 0 Å². The van der Waals surface area contributed by atoms with E-state index in [0.29, 0.717) is 6.04 Å². The number of aliphatic imine (C=N–C) groups is 1. The maximum Gasteiger partial charge on any atom is 0.0473 e. The van der Waals surface area contributed by atoms with Crippen molar-refractivity contribution in [3.05, 3.63) is 69.5 Å². The van der Waals surface area contributed by atoms with Crippen molar-refractivity contribution in [1.29, 1.82) is 0 Å². The lowest BCUT2D eigenvalue weighted by Gasteiger charge is -2.35. The maximum absolute atomic E-state index is 5.96. The Morgan fingerprint density at radius 1 is 1.21 bits per heavy atom. The lowest BCUT2D eigenvalue weighted by Crippen LogP contribution is -2.48. The zero-order valence-electron chi connectivity index (χ0n) is 22.6. The molecule has 3 nitrogen and oxygen atoms in total. The summed E-state index contributed by atoms with van der Waals surface area (Å²) in [5, 5.41) is 4.27. The molecule has 0 saturated carbocycles. The Balaban J connectivity index is 0.000000722. The van der Waals surface area contributed by atoms with Crippen molar-refractivity contribution in [2.75, 3.05) is 19.6 Å². The third-order valence-electron chi connectivity index (χ3n) is 5.31. The second kappa shape index (κ2) is 19.9. The molecule has 0 bridgehead atoms. The summed E-state index contributed by atoms with van der Waals surface area (Å²) in [5.41, 5.74) is 4.65. The molecule has 1 atom stereocenters. The molecular formula is C29H47BrClN3. The van der Waals surface area contributed by atoms with E-state index >= 15 is 0 Å². The van der Waals surface area contributed by atoms with Gasteiger partial charge in [-0.1, -0.05) is 91.5 Å². The van der Waals surface area contributed by atoms with Crippen LogP contribution in [0.4, 0.5) is 0 Å². The highest BCUT2D eigenvalue weighted by atomic mass is 79.9. The van der Waals surface area contributed by atoms with E-state index in [9.17, 15) is 0 Å². The molecule has 34 heavy (non-hydrogen) atoms. The van der Waals surface area contributed by atoms with E-state index in [1.165, 1.54) is 11.3 Å². The van der Waals surface area contributed by atoms with Crippen LogP contribution in [0.5, 0.6) is 0 Å². The van der Waals surface area contributed by atoms with Crippen LogP contribution in [-0.2, 0) is 0 Å². The standard InChI is InChI=1S/C17H28BrN3.C12H19Cl/c1-6-8-9-20-14(4)17(16(18)7-2)15(5)21-11-10-19-13(3)12-21;1-4-6-7-9-12(13)10-11(3)8-5-2/h7-9,13,19H,6,10-12H2,1-5H3;7,9-10H,3-6,8H2,1-2H3/b9-8+,16-7+,17-15-,20-14+;9-7-,12-10+. The van der Waals surface area contributed by atoms with Gasteiger partial charge in [-0.3, -0.25) is 4.99 Å². The molecule has 0 amide bonds. The average molecular weight is 553 g/mol. The molecule has 0 aromatic heterocycles. The van der Waals surface area contributed by atoms with Gasteiger partial charge in [-0.15, -0.1) is 0 Å². The third kappa shape index (κ3) is 14.1. The lowest BCUT2D eigenvalue weighted by molar-refractivity contribution is 0.255. The molecule has 1 N–H and O–H groups in total. The quantitative estimate of drug-likeness (QED) is 0.204. The van der Waals surface area contributed by atoms with E-state index in [1.807, 2.05) is 25.3 Å². The minimum atomic E-state index is 0.525. The van der Waals surface area contributed by atoms with E-state index in [4.69, 9.17) is 11.6 Å². The first kappa shape index (κ1) is 32.6. The zero-order valence-corrected chi connectivity index (χ0v) is 24.9. The van der Waals surface area contributed by atoms with E-state index in [0.717, 1.165) is 72.5 Å². The minimum Gasteiger partial charge on any atom is -0.372 e. The fourth-order valence-electron chi connectivity index (χ4n) is 3.48. The molecule has 1 aliphatic heterocycles. The number of nitrogens with one attached hydrogen (secondary N) is 1. The molecule has 5 heteroatoms. The van der Waals surface area contributed by atoms with Gasteiger partial charge >= 0.3 is 0 Å². The number of halogens is 2. The van der Waals surface area contributed by atoms with Gasteiger partial charge in [-0.25, -0.2) is 0 Å². The Labute approximate surface area is 223 Å². The van der Waals surface area contributed by atoms with Crippen LogP contribution >= 0.6 is 27.5 Å². The van der Waals surface area contributed by atoms with E-state index in [-0.39, 0.29) is 0 Å². The van der Waals surface area contributed by atoms with Gasteiger partial charge in [0, 0.05) is 58.4 Å².